The average Bonchev–Trinajstić information content (AvgIpc) is 3.75. The van der Waals surface area contributed by atoms with Gasteiger partial charge in [-0.3, -0.25) is 28.9 Å². The van der Waals surface area contributed by atoms with Crippen molar-refractivity contribution in [2.45, 2.75) is 96.3 Å². The molecule has 2 aliphatic heterocycles. The van der Waals surface area contributed by atoms with Crippen LogP contribution in [0.4, 0.5) is 0 Å². The first kappa shape index (κ1) is 22.8. The van der Waals surface area contributed by atoms with E-state index in [2.05, 4.69) is 26.0 Å². The summed E-state index contributed by atoms with van der Waals surface area (Å²) < 4.78 is 147. The van der Waals surface area contributed by atoms with E-state index in [1.54, 1.807) is 74.5 Å². The van der Waals surface area contributed by atoms with Gasteiger partial charge < -0.3 is 30.7 Å². The molecule has 2 aromatic rings. The third kappa shape index (κ3) is 13.1. The van der Waals surface area contributed by atoms with Gasteiger partial charge in [0.1, 0.15) is 23.7 Å². The van der Waals surface area contributed by atoms with Crippen LogP contribution >= 0.6 is 0 Å². The van der Waals surface area contributed by atoms with Crippen LogP contribution < -0.4 is 21.3 Å². The van der Waals surface area contributed by atoms with Crippen molar-refractivity contribution in [2.75, 3.05) is 39.2 Å². The number of aryl methyl sites for hydroxylation is 1. The van der Waals surface area contributed by atoms with E-state index >= 15 is 0 Å². The topological polar surface area (TPSA) is 158 Å². The number of ether oxygens (including phenoxy) is 2. The van der Waals surface area contributed by atoms with Gasteiger partial charge in [0, 0.05) is 34.5 Å². The predicted molar refractivity (Wildman–Crippen MR) is 198 cm³/mol. The van der Waals surface area contributed by atoms with Gasteiger partial charge in [-0.05, 0) is 55.5 Å². The van der Waals surface area contributed by atoms with Gasteiger partial charge >= 0.3 is 0 Å². The summed E-state index contributed by atoms with van der Waals surface area (Å²) in [5.74, 6) is -9.47. The first-order valence-electron chi connectivity index (χ1n) is 25.3. The second kappa shape index (κ2) is 19.6. The van der Waals surface area contributed by atoms with Crippen LogP contribution in [0.25, 0.3) is 0 Å². The van der Waals surface area contributed by atoms with E-state index < -0.39 is 124 Å². The van der Waals surface area contributed by atoms with Crippen LogP contribution in [0, 0.1) is 11.8 Å². The van der Waals surface area contributed by atoms with Crippen molar-refractivity contribution in [2.24, 2.45) is 11.8 Å². The van der Waals surface area contributed by atoms with Crippen molar-refractivity contribution in [1.82, 2.24) is 26.2 Å². The third-order valence-corrected chi connectivity index (χ3v) is 8.16. The van der Waals surface area contributed by atoms with Crippen LogP contribution in [-0.4, -0.2) is 103 Å². The Hall–Kier alpha value is -4.13. The van der Waals surface area contributed by atoms with Crippen LogP contribution in [0.5, 0.6) is 0 Å². The lowest BCUT2D eigenvalue weighted by atomic mass is 9.93. The summed E-state index contributed by atoms with van der Waals surface area (Å²) in [5.41, 5.74) is -1.18. The zero-order chi connectivity index (χ0) is 52.6. The Labute approximate surface area is 332 Å². The zero-order valence-corrected chi connectivity index (χ0v) is 29.2. The van der Waals surface area contributed by atoms with E-state index in [0.29, 0.717) is 11.1 Å². The predicted octanol–water partition coefficient (Wildman–Crippen LogP) is 2.58. The van der Waals surface area contributed by atoms with Gasteiger partial charge in [-0.25, -0.2) is 0 Å². The summed E-state index contributed by atoms with van der Waals surface area (Å²) in [4.78, 5) is 70.5. The fourth-order valence-electron chi connectivity index (χ4n) is 5.40. The van der Waals surface area contributed by atoms with Crippen LogP contribution in [0.2, 0.25) is 0 Å². The molecule has 5 atom stereocenters. The smallest absolute Gasteiger partial charge is 0.243 e. The van der Waals surface area contributed by atoms with E-state index in [1.807, 2.05) is 0 Å². The van der Waals surface area contributed by atoms with Crippen LogP contribution in [-0.2, 0) is 46.3 Å². The molecular formula is C40H57N5O7. The highest BCUT2D eigenvalue weighted by Gasteiger charge is 2.50. The van der Waals surface area contributed by atoms with Crippen molar-refractivity contribution >= 4 is 29.4 Å². The Morgan fingerprint density at radius 2 is 1.37 bits per heavy atom. The fraction of sp³-hybridized carbons (Fsp3) is 0.575. The highest BCUT2D eigenvalue weighted by molar-refractivity contribution is 5.98. The van der Waals surface area contributed by atoms with E-state index in [9.17, 15) is 24.0 Å². The molecule has 2 aromatic carbocycles. The maximum absolute atomic E-state index is 14.4. The van der Waals surface area contributed by atoms with Crippen LogP contribution in [0.3, 0.4) is 0 Å². The molecular weight excluding hydrogens is 662 g/mol. The highest BCUT2D eigenvalue weighted by atomic mass is 16.6. The Morgan fingerprint density at radius 1 is 0.808 bits per heavy atom. The van der Waals surface area contributed by atoms with Crippen LogP contribution in [0.1, 0.15) is 88.2 Å². The molecule has 4 rings (SSSR count). The minimum Gasteiger partial charge on any atom is -0.379 e. The van der Waals surface area contributed by atoms with Gasteiger partial charge in [-0.1, -0.05) is 88.2 Å². The maximum Gasteiger partial charge on any atom is 0.243 e. The molecule has 2 saturated heterocycles. The Bertz CT molecular complexity index is 2140. The minimum absolute atomic E-state index is 0.000522. The SMILES string of the molecule is [2H]C([2H])([2H])C([2H])(C[C@H](NC(=O)[C@H](Cc1ccccc1)NC(=O)[C@H](CC(C)C)NC(=O)[C@H](CCc1ccccc1)NC(=O)CN1C([2H])([2H])C([2H])([2H])OC([2H])([2H])C1([2H])[2H])C(=O)[C@]1(C)OC1([2H])[2H])C([2H])([2H])[2H]. The van der Waals surface area contributed by atoms with Gasteiger partial charge in [0.05, 0.1) is 40.5 Å². The Morgan fingerprint density at radius 3 is 1.96 bits per heavy atom. The van der Waals surface area contributed by atoms with Crippen molar-refractivity contribution < 1.29 is 56.7 Å². The summed E-state index contributed by atoms with van der Waals surface area (Å²) in [5, 5.41) is 9.72. The summed E-state index contributed by atoms with van der Waals surface area (Å²) in [6, 6.07) is 9.67. The first-order valence-corrected chi connectivity index (χ1v) is 16.8. The molecule has 0 spiro atoms. The molecule has 0 unspecified atom stereocenters. The first-order chi connectivity index (χ1) is 31.3. The normalized spacial score (nSPS) is 30.0. The van der Waals surface area contributed by atoms with Crippen molar-refractivity contribution in [3.8, 4) is 0 Å². The number of nitrogens with one attached hydrogen (secondary N) is 4. The van der Waals surface area contributed by atoms with E-state index in [1.165, 1.54) is 0 Å². The summed E-state index contributed by atoms with van der Waals surface area (Å²) >= 11 is 0. The summed E-state index contributed by atoms with van der Waals surface area (Å²) in [7, 11) is 0. The molecule has 0 aromatic heterocycles. The Balaban J connectivity index is 1.68. The number of amides is 4. The molecule has 0 radical (unpaired) electrons. The molecule has 52 heavy (non-hydrogen) atoms. The lowest BCUT2D eigenvalue weighted by molar-refractivity contribution is -0.135. The van der Waals surface area contributed by atoms with Crippen LogP contribution in [0.15, 0.2) is 60.7 Å². The minimum atomic E-state index is -3.57. The Kier molecular flexibility index (Phi) is 8.62. The van der Waals surface area contributed by atoms with E-state index in [0.717, 1.165) is 6.92 Å². The average molecular weight is 737 g/mol. The number of ketones is 1. The molecule has 0 aliphatic carbocycles. The summed E-state index contributed by atoms with van der Waals surface area (Å²) in [6.45, 7) is -20.5. The third-order valence-electron chi connectivity index (χ3n) is 8.16. The van der Waals surface area contributed by atoms with E-state index in [4.69, 9.17) is 28.0 Å². The van der Waals surface area contributed by atoms with Gasteiger partial charge in [-0.15, -0.1) is 0 Å². The molecule has 2 aliphatic rings. The number of carbonyl (C=O) groups excluding carboxylic acids is 5. The van der Waals surface area contributed by atoms with Crippen molar-refractivity contribution in [3.63, 3.8) is 0 Å². The van der Waals surface area contributed by atoms with Crippen molar-refractivity contribution in [1.29, 1.82) is 0 Å². The molecule has 284 valence electrons. The quantitative estimate of drug-likeness (QED) is 0.151. The van der Waals surface area contributed by atoms with E-state index in [-0.39, 0.29) is 36.5 Å². The number of hydrogen-bond acceptors (Lipinski definition) is 8. The van der Waals surface area contributed by atoms with Gasteiger partial charge in [0.2, 0.25) is 23.6 Å². The molecule has 2 fully saturated rings. The zero-order valence-electron chi connectivity index (χ0n) is 46.2. The fourth-order valence-corrected chi connectivity index (χ4v) is 5.40. The number of benzene rings is 2. The number of morpholine rings is 1. The molecule has 4 amide bonds. The molecule has 0 bridgehead atoms. The molecule has 12 nitrogen and oxygen atoms in total. The monoisotopic (exact) mass is 737 g/mol. The van der Waals surface area contributed by atoms with Gasteiger partial charge in [-0.2, -0.15) is 0 Å². The van der Waals surface area contributed by atoms with Crippen molar-refractivity contribution in [3.05, 3.63) is 71.8 Å². The second-order valence-electron chi connectivity index (χ2n) is 13.0. The standard InChI is InChI=1S/C40H57N5O7/c1-27(2)22-32(36(47)40(5)26-52-40)42-39(50)34(24-30-14-10-7-11-15-30)44-38(49)33(23-28(3)4)43-37(48)31(17-16-29-12-8-6-9-13-29)41-35(46)25-45-18-20-51-21-19-45/h6-15,27-28,31-34H,16-26H2,1-5H3,(H,41,46)(H,42,50)(H,43,48)(H,44,49)/t31-,32-,33-,34-,40+/m0/s1/i1D3,2D3,18D2,19D2,20D2,21D2,26D2,27D. The number of Topliss-reactive ketones (excluding diaryl/α,β-unsaturated/α-hetero) is 1. The number of hydrogen-bond donors (Lipinski definition) is 4. The van der Waals surface area contributed by atoms with Gasteiger partial charge in [0.15, 0.2) is 5.78 Å². The van der Waals surface area contributed by atoms with Gasteiger partial charge in [0.25, 0.3) is 0 Å². The molecule has 0 saturated carbocycles. The number of rotatable bonds is 20. The summed E-state index contributed by atoms with van der Waals surface area (Å²) in [6.07, 6.45) is -1.86. The number of nitrogens with zero attached hydrogens (tertiary/aromatic N) is 1. The lowest BCUT2D eigenvalue weighted by Crippen LogP contribution is -2.59. The lowest BCUT2D eigenvalue weighted by Gasteiger charge is -2.29. The maximum atomic E-state index is 14.4. The molecule has 2 heterocycles. The highest BCUT2D eigenvalue weighted by Crippen LogP contribution is 2.29. The number of carbonyl (C=O) groups is 5. The number of epoxide rings is 1. The molecule has 4 N–H and O–H groups in total. The molecule has 12 heteroatoms. The second-order valence-corrected chi connectivity index (χ2v) is 13.0. The largest absolute Gasteiger partial charge is 0.379 e.